The van der Waals surface area contributed by atoms with Crippen molar-refractivity contribution < 1.29 is 4.79 Å². The second-order valence-electron chi connectivity index (χ2n) is 6.14. The summed E-state index contributed by atoms with van der Waals surface area (Å²) in [7, 11) is 0. The number of benzene rings is 1. The Bertz CT molecular complexity index is 391. The van der Waals surface area contributed by atoms with Gasteiger partial charge in [0.15, 0.2) is 0 Å². The minimum atomic E-state index is -0.212. The van der Waals surface area contributed by atoms with Crippen LogP contribution < -0.4 is 10.6 Å². The molecular formula is C15H24N2O. The predicted molar refractivity (Wildman–Crippen MR) is 75.4 cm³/mol. The lowest BCUT2D eigenvalue weighted by Gasteiger charge is -2.28. The highest BCUT2D eigenvalue weighted by molar-refractivity contribution is 5.78. The second-order valence-corrected chi connectivity index (χ2v) is 6.14. The molecule has 0 bridgehead atoms. The lowest BCUT2D eigenvalue weighted by atomic mass is 9.94. The summed E-state index contributed by atoms with van der Waals surface area (Å²) in [5.41, 5.74) is 0.778. The third-order valence-corrected chi connectivity index (χ3v) is 2.70. The van der Waals surface area contributed by atoms with Crippen molar-refractivity contribution in [3.63, 3.8) is 0 Å². The summed E-state index contributed by atoms with van der Waals surface area (Å²) in [6.45, 7) is 10.4. The van der Waals surface area contributed by atoms with Crippen LogP contribution in [0.5, 0.6) is 0 Å². The van der Waals surface area contributed by atoms with Crippen LogP contribution in [0.2, 0.25) is 0 Å². The molecule has 0 radical (unpaired) electrons. The molecule has 0 aliphatic rings. The van der Waals surface area contributed by atoms with Crippen molar-refractivity contribution >= 4 is 5.91 Å². The second kappa shape index (κ2) is 5.53. The predicted octanol–water partition coefficient (Wildman–Crippen LogP) is 2.43. The minimum absolute atomic E-state index is 0.0199. The van der Waals surface area contributed by atoms with Crippen molar-refractivity contribution in [2.24, 2.45) is 0 Å². The molecule has 1 amide bonds. The van der Waals surface area contributed by atoms with Gasteiger partial charge >= 0.3 is 0 Å². The van der Waals surface area contributed by atoms with Crippen LogP contribution in [0.25, 0.3) is 0 Å². The van der Waals surface area contributed by atoms with Crippen molar-refractivity contribution in [1.29, 1.82) is 0 Å². The van der Waals surface area contributed by atoms with Crippen LogP contribution in [-0.2, 0) is 10.3 Å². The molecule has 0 aliphatic carbocycles. The van der Waals surface area contributed by atoms with E-state index in [4.69, 9.17) is 0 Å². The molecule has 0 spiro atoms. The molecule has 3 nitrogen and oxygen atoms in total. The number of rotatable bonds is 4. The Balaban J connectivity index is 2.55. The van der Waals surface area contributed by atoms with Gasteiger partial charge in [-0.3, -0.25) is 10.1 Å². The Morgan fingerprint density at radius 1 is 1.06 bits per heavy atom. The summed E-state index contributed by atoms with van der Waals surface area (Å²) in [5.74, 6) is 0.0199. The van der Waals surface area contributed by atoms with Crippen molar-refractivity contribution in [3.8, 4) is 0 Å². The van der Waals surface area contributed by atoms with Crippen molar-refractivity contribution in [2.75, 3.05) is 6.54 Å². The van der Waals surface area contributed by atoms with Crippen LogP contribution in [0, 0.1) is 0 Å². The fourth-order valence-corrected chi connectivity index (χ4v) is 1.72. The van der Waals surface area contributed by atoms with Crippen molar-refractivity contribution in [2.45, 2.75) is 45.7 Å². The third kappa shape index (κ3) is 4.88. The van der Waals surface area contributed by atoms with E-state index in [1.807, 2.05) is 39.0 Å². The highest BCUT2D eigenvalue weighted by Gasteiger charge is 2.21. The van der Waals surface area contributed by atoms with Gasteiger partial charge in [0, 0.05) is 11.1 Å². The summed E-state index contributed by atoms with van der Waals surface area (Å²) in [6.07, 6.45) is 0. The zero-order valence-corrected chi connectivity index (χ0v) is 12.0. The molecule has 100 valence electrons. The smallest absolute Gasteiger partial charge is 0.234 e. The molecule has 0 aliphatic heterocycles. The summed E-state index contributed by atoms with van der Waals surface area (Å²) >= 11 is 0. The number of hydrogen-bond acceptors (Lipinski definition) is 2. The molecule has 0 fully saturated rings. The molecule has 0 saturated heterocycles. The molecule has 0 unspecified atom stereocenters. The Hall–Kier alpha value is -1.35. The Kier molecular flexibility index (Phi) is 4.52. The van der Waals surface area contributed by atoms with Gasteiger partial charge in [-0.25, -0.2) is 0 Å². The Morgan fingerprint density at radius 3 is 2.11 bits per heavy atom. The first-order valence-corrected chi connectivity index (χ1v) is 6.32. The van der Waals surface area contributed by atoms with Crippen LogP contribution in [0.3, 0.4) is 0 Å². The van der Waals surface area contributed by atoms with Crippen molar-refractivity contribution in [3.05, 3.63) is 35.9 Å². The summed E-state index contributed by atoms with van der Waals surface area (Å²) in [4.78, 5) is 11.8. The fraction of sp³-hybridized carbons (Fsp3) is 0.533. The first kappa shape index (κ1) is 14.7. The maximum atomic E-state index is 11.8. The summed E-state index contributed by atoms with van der Waals surface area (Å²) in [5, 5.41) is 6.23. The molecule has 0 saturated carbocycles. The van der Waals surface area contributed by atoms with E-state index in [2.05, 4.69) is 36.6 Å². The van der Waals surface area contributed by atoms with E-state index < -0.39 is 0 Å². The van der Waals surface area contributed by atoms with Crippen LogP contribution in [0.4, 0.5) is 0 Å². The van der Waals surface area contributed by atoms with Gasteiger partial charge in [0.25, 0.3) is 0 Å². The standard InChI is InChI=1S/C15H24N2O/c1-14(2,3)17-13(18)11-16-15(4,5)12-9-7-6-8-10-12/h6-10,16H,11H2,1-5H3,(H,17,18). The first-order valence-electron chi connectivity index (χ1n) is 6.32. The topological polar surface area (TPSA) is 41.1 Å². The zero-order chi connectivity index (χ0) is 13.8. The molecule has 1 aromatic rings. The molecule has 3 heteroatoms. The Morgan fingerprint density at radius 2 is 1.61 bits per heavy atom. The van der Waals surface area contributed by atoms with E-state index >= 15 is 0 Å². The van der Waals surface area contributed by atoms with Gasteiger partial charge in [0.2, 0.25) is 5.91 Å². The molecule has 2 N–H and O–H groups in total. The number of carbonyl (C=O) groups excluding carboxylic acids is 1. The van der Waals surface area contributed by atoms with Crippen molar-refractivity contribution in [1.82, 2.24) is 10.6 Å². The van der Waals surface area contributed by atoms with Crippen LogP contribution in [0.1, 0.15) is 40.2 Å². The van der Waals surface area contributed by atoms with E-state index in [1.54, 1.807) is 0 Å². The van der Waals surface area contributed by atoms with Gasteiger partial charge in [-0.1, -0.05) is 30.3 Å². The van der Waals surface area contributed by atoms with E-state index in [9.17, 15) is 4.79 Å². The number of hydrogen-bond donors (Lipinski definition) is 2. The van der Waals surface area contributed by atoms with Crippen LogP contribution in [-0.4, -0.2) is 18.0 Å². The molecule has 0 aromatic heterocycles. The van der Waals surface area contributed by atoms with E-state index in [-0.39, 0.29) is 17.0 Å². The Labute approximate surface area is 110 Å². The lowest BCUT2D eigenvalue weighted by molar-refractivity contribution is -0.121. The third-order valence-electron chi connectivity index (χ3n) is 2.70. The monoisotopic (exact) mass is 248 g/mol. The lowest BCUT2D eigenvalue weighted by Crippen LogP contribution is -2.48. The van der Waals surface area contributed by atoms with Crippen LogP contribution >= 0.6 is 0 Å². The molecule has 0 atom stereocenters. The van der Waals surface area contributed by atoms with E-state index in [1.165, 1.54) is 5.56 Å². The highest BCUT2D eigenvalue weighted by Crippen LogP contribution is 2.18. The molecule has 1 aromatic carbocycles. The maximum absolute atomic E-state index is 11.8. The van der Waals surface area contributed by atoms with Gasteiger partial charge in [0.1, 0.15) is 0 Å². The molecule has 0 heterocycles. The first-order chi connectivity index (χ1) is 8.21. The largest absolute Gasteiger partial charge is 0.350 e. The van der Waals surface area contributed by atoms with Crippen LogP contribution in [0.15, 0.2) is 30.3 Å². The van der Waals surface area contributed by atoms with Gasteiger partial charge in [0.05, 0.1) is 6.54 Å². The maximum Gasteiger partial charge on any atom is 0.234 e. The van der Waals surface area contributed by atoms with Gasteiger partial charge in [-0.15, -0.1) is 0 Å². The summed E-state index contributed by atoms with van der Waals surface area (Å²) in [6, 6.07) is 10.1. The number of carbonyl (C=O) groups is 1. The zero-order valence-electron chi connectivity index (χ0n) is 12.0. The quantitative estimate of drug-likeness (QED) is 0.859. The highest BCUT2D eigenvalue weighted by atomic mass is 16.2. The number of amides is 1. The summed E-state index contributed by atoms with van der Waals surface area (Å²) < 4.78 is 0. The van der Waals surface area contributed by atoms with Gasteiger partial charge in [-0.2, -0.15) is 0 Å². The molecule has 18 heavy (non-hydrogen) atoms. The normalized spacial score (nSPS) is 12.3. The van der Waals surface area contributed by atoms with Gasteiger partial charge < -0.3 is 5.32 Å². The average Bonchev–Trinajstić information content (AvgIpc) is 2.26. The van der Waals surface area contributed by atoms with E-state index in [0.29, 0.717) is 6.54 Å². The van der Waals surface area contributed by atoms with E-state index in [0.717, 1.165) is 0 Å². The number of nitrogens with one attached hydrogen (secondary N) is 2. The minimum Gasteiger partial charge on any atom is -0.350 e. The fourth-order valence-electron chi connectivity index (χ4n) is 1.72. The SMILES string of the molecule is CC(C)(C)NC(=O)CNC(C)(C)c1ccccc1. The average molecular weight is 248 g/mol. The molecular weight excluding hydrogens is 224 g/mol. The van der Waals surface area contributed by atoms with Gasteiger partial charge in [-0.05, 0) is 40.2 Å². The molecule has 1 rings (SSSR count).